The topological polar surface area (TPSA) is 87.8 Å². The Morgan fingerprint density at radius 1 is 1.37 bits per heavy atom. The Labute approximate surface area is 179 Å². The summed E-state index contributed by atoms with van der Waals surface area (Å²) in [6, 6.07) is 0.727. The molecule has 1 saturated heterocycles. The highest BCUT2D eigenvalue weighted by Crippen LogP contribution is 2.18. The molecule has 8 nitrogen and oxygen atoms in total. The molecule has 0 spiro atoms. The van der Waals surface area contributed by atoms with E-state index in [1.54, 1.807) is 7.05 Å². The van der Waals surface area contributed by atoms with E-state index in [9.17, 15) is 0 Å². The van der Waals surface area contributed by atoms with Crippen molar-refractivity contribution in [3.05, 3.63) is 11.7 Å². The lowest BCUT2D eigenvalue weighted by atomic mass is 10.0. The van der Waals surface area contributed by atoms with Gasteiger partial charge in [-0.15, -0.1) is 24.0 Å². The van der Waals surface area contributed by atoms with Gasteiger partial charge in [-0.3, -0.25) is 9.89 Å². The van der Waals surface area contributed by atoms with Gasteiger partial charge >= 0.3 is 0 Å². The molecule has 1 aliphatic rings. The lowest BCUT2D eigenvalue weighted by Gasteiger charge is -2.35. The van der Waals surface area contributed by atoms with E-state index in [-0.39, 0.29) is 30.1 Å². The maximum atomic E-state index is 5.47. The average Bonchev–Trinajstić information content (AvgIpc) is 3.14. The zero-order valence-electron chi connectivity index (χ0n) is 17.0. The van der Waals surface area contributed by atoms with Gasteiger partial charge in [-0.05, 0) is 39.7 Å². The summed E-state index contributed by atoms with van der Waals surface area (Å²) in [5, 5.41) is 10.5. The number of rotatable bonds is 9. The zero-order valence-corrected chi connectivity index (χ0v) is 19.4. The molecule has 2 unspecified atom stereocenters. The number of nitrogens with one attached hydrogen (secondary N) is 2. The summed E-state index contributed by atoms with van der Waals surface area (Å²) >= 11 is 0. The fourth-order valence-electron chi connectivity index (χ4n) is 3.34. The first-order valence-corrected chi connectivity index (χ1v) is 9.80. The third-order valence-corrected chi connectivity index (χ3v) is 4.81. The summed E-state index contributed by atoms with van der Waals surface area (Å²) in [6.07, 6.45) is 5.06. The molecular formula is C18H35IN6O2. The quantitative estimate of drug-likeness (QED) is 0.310. The molecule has 27 heavy (non-hydrogen) atoms. The van der Waals surface area contributed by atoms with Gasteiger partial charge in [-0.1, -0.05) is 18.5 Å². The van der Waals surface area contributed by atoms with Crippen LogP contribution in [0, 0.1) is 0 Å². The summed E-state index contributed by atoms with van der Waals surface area (Å²) in [4.78, 5) is 11.2. The third kappa shape index (κ3) is 7.90. The first-order chi connectivity index (χ1) is 12.7. The van der Waals surface area contributed by atoms with Crippen molar-refractivity contribution < 1.29 is 9.26 Å². The molecule has 0 aliphatic carbocycles. The number of likely N-dealkylation sites (tertiary alicyclic amines) is 1. The lowest BCUT2D eigenvalue weighted by molar-refractivity contribution is 0.0683. The van der Waals surface area contributed by atoms with Crippen molar-refractivity contribution in [2.45, 2.75) is 65.1 Å². The number of nitrogens with zero attached hydrogens (tertiary/aromatic N) is 4. The van der Waals surface area contributed by atoms with Crippen LogP contribution in [0.4, 0.5) is 0 Å². The molecule has 2 N–H and O–H groups in total. The predicted molar refractivity (Wildman–Crippen MR) is 117 cm³/mol. The van der Waals surface area contributed by atoms with E-state index in [4.69, 9.17) is 9.26 Å². The van der Waals surface area contributed by atoms with Crippen LogP contribution in [-0.2, 0) is 11.3 Å². The molecule has 2 rings (SSSR count). The van der Waals surface area contributed by atoms with Crippen molar-refractivity contribution >= 4 is 29.9 Å². The van der Waals surface area contributed by atoms with Crippen molar-refractivity contribution in [3.8, 4) is 0 Å². The predicted octanol–water partition coefficient (Wildman–Crippen LogP) is 2.71. The molecule has 9 heteroatoms. The number of ether oxygens (including phenoxy) is 1. The van der Waals surface area contributed by atoms with E-state index in [2.05, 4.69) is 37.6 Å². The molecule has 156 valence electrons. The molecule has 1 aromatic heterocycles. The van der Waals surface area contributed by atoms with E-state index in [0.29, 0.717) is 24.9 Å². The van der Waals surface area contributed by atoms with Crippen LogP contribution < -0.4 is 10.6 Å². The first-order valence-electron chi connectivity index (χ1n) is 9.80. The highest BCUT2D eigenvalue weighted by molar-refractivity contribution is 14.0. The highest BCUT2D eigenvalue weighted by Gasteiger charge is 2.20. The molecule has 2 heterocycles. The summed E-state index contributed by atoms with van der Waals surface area (Å²) in [5.41, 5.74) is 0. The fraction of sp³-hybridized carbons (Fsp3) is 0.833. The minimum Gasteiger partial charge on any atom is -0.371 e. The van der Waals surface area contributed by atoms with Gasteiger partial charge in [-0.2, -0.15) is 4.98 Å². The monoisotopic (exact) mass is 494 g/mol. The van der Waals surface area contributed by atoms with Gasteiger partial charge < -0.3 is 19.9 Å². The van der Waals surface area contributed by atoms with E-state index in [1.165, 1.54) is 32.2 Å². The largest absolute Gasteiger partial charge is 0.371 e. The molecular weight excluding hydrogens is 459 g/mol. The SMILES string of the molecule is CCOC(C)c1noc(CNC(=NC)NCCN2CCCCC2CC)n1.I. The van der Waals surface area contributed by atoms with Crippen LogP contribution in [0.15, 0.2) is 9.52 Å². The molecule has 1 aromatic rings. The summed E-state index contributed by atoms with van der Waals surface area (Å²) in [7, 11) is 1.77. The Hall–Kier alpha value is -0.940. The van der Waals surface area contributed by atoms with Crippen molar-refractivity contribution in [2.24, 2.45) is 4.99 Å². The molecule has 0 radical (unpaired) electrons. The van der Waals surface area contributed by atoms with Crippen LogP contribution in [0.2, 0.25) is 0 Å². The molecule has 0 amide bonds. The molecule has 1 aliphatic heterocycles. The second kappa shape index (κ2) is 13.3. The Kier molecular flexibility index (Phi) is 11.8. The third-order valence-electron chi connectivity index (χ3n) is 4.81. The zero-order chi connectivity index (χ0) is 18.8. The van der Waals surface area contributed by atoms with Gasteiger partial charge in [0.05, 0.1) is 6.54 Å². The number of piperidine rings is 1. The van der Waals surface area contributed by atoms with Crippen LogP contribution in [0.5, 0.6) is 0 Å². The maximum Gasteiger partial charge on any atom is 0.246 e. The van der Waals surface area contributed by atoms with Gasteiger partial charge in [0.1, 0.15) is 6.10 Å². The van der Waals surface area contributed by atoms with E-state index in [1.807, 2.05) is 13.8 Å². The van der Waals surface area contributed by atoms with E-state index < -0.39 is 0 Å². The number of guanidine groups is 1. The van der Waals surface area contributed by atoms with Crippen molar-refractivity contribution in [3.63, 3.8) is 0 Å². The molecule has 0 bridgehead atoms. The summed E-state index contributed by atoms with van der Waals surface area (Å²) in [6.45, 7) is 10.3. The van der Waals surface area contributed by atoms with Crippen LogP contribution in [0.3, 0.4) is 0 Å². The highest BCUT2D eigenvalue weighted by atomic mass is 127. The van der Waals surface area contributed by atoms with Crippen LogP contribution in [0.25, 0.3) is 0 Å². The van der Waals surface area contributed by atoms with Crippen molar-refractivity contribution in [1.82, 2.24) is 25.7 Å². The minimum absolute atomic E-state index is 0. The number of halogens is 1. The van der Waals surface area contributed by atoms with E-state index >= 15 is 0 Å². The second-order valence-corrected chi connectivity index (χ2v) is 6.59. The minimum atomic E-state index is -0.161. The molecule has 0 saturated carbocycles. The van der Waals surface area contributed by atoms with E-state index in [0.717, 1.165) is 25.1 Å². The Balaban J connectivity index is 0.00000364. The van der Waals surface area contributed by atoms with Crippen LogP contribution in [0.1, 0.15) is 64.3 Å². The summed E-state index contributed by atoms with van der Waals surface area (Å²) in [5.74, 6) is 1.84. The maximum absolute atomic E-state index is 5.47. The molecule has 2 atom stereocenters. The lowest BCUT2D eigenvalue weighted by Crippen LogP contribution is -2.45. The van der Waals surface area contributed by atoms with Crippen molar-refractivity contribution in [1.29, 1.82) is 0 Å². The number of aliphatic imine (C=N–C) groups is 1. The van der Waals surface area contributed by atoms with Gasteiger partial charge in [0.25, 0.3) is 0 Å². The molecule has 1 fully saturated rings. The Morgan fingerprint density at radius 3 is 2.89 bits per heavy atom. The Morgan fingerprint density at radius 2 is 2.19 bits per heavy atom. The van der Waals surface area contributed by atoms with Gasteiger partial charge in [0, 0.05) is 32.8 Å². The van der Waals surface area contributed by atoms with Crippen molar-refractivity contribution in [2.75, 3.05) is 33.3 Å². The first kappa shape index (κ1) is 24.1. The van der Waals surface area contributed by atoms with Gasteiger partial charge in [0.15, 0.2) is 11.8 Å². The number of aromatic nitrogens is 2. The fourth-order valence-corrected chi connectivity index (χ4v) is 3.34. The average molecular weight is 494 g/mol. The van der Waals surface area contributed by atoms with Gasteiger partial charge in [-0.25, -0.2) is 0 Å². The smallest absolute Gasteiger partial charge is 0.246 e. The van der Waals surface area contributed by atoms with Crippen LogP contribution in [-0.4, -0.2) is 60.3 Å². The summed E-state index contributed by atoms with van der Waals surface area (Å²) < 4.78 is 10.7. The number of hydrogen-bond donors (Lipinski definition) is 2. The normalized spacial score (nSPS) is 19.4. The van der Waals surface area contributed by atoms with Crippen LogP contribution >= 0.6 is 24.0 Å². The molecule has 0 aromatic carbocycles. The standard InChI is InChI=1S/C18H34N6O2.HI/c1-5-15-9-7-8-11-24(15)12-10-20-18(19-4)21-13-16-22-17(23-26-16)14(3)25-6-2;/h14-15H,5-13H2,1-4H3,(H2,19,20,21);1H. The second-order valence-electron chi connectivity index (χ2n) is 6.59. The number of hydrogen-bond acceptors (Lipinski definition) is 6. The van der Waals surface area contributed by atoms with Gasteiger partial charge in [0.2, 0.25) is 5.89 Å². The Bertz CT molecular complexity index is 554.